The SMILES string of the molecule is O=C(O)c1cccc(NC(=O)c2cc3ccccc3n2Cc2ccc(COc3cc(C(F)(F)F)cc(C(F)(F)F)c3)cc2)c1. The van der Waals surface area contributed by atoms with E-state index in [9.17, 15) is 41.0 Å². The van der Waals surface area contributed by atoms with Gasteiger partial charge in [-0.3, -0.25) is 4.79 Å². The van der Waals surface area contributed by atoms with Crippen molar-refractivity contribution in [2.75, 3.05) is 5.32 Å². The second-order valence-electron chi connectivity index (χ2n) is 9.86. The van der Waals surface area contributed by atoms with E-state index in [1.165, 1.54) is 18.2 Å². The van der Waals surface area contributed by atoms with Crippen LogP contribution in [0, 0.1) is 0 Å². The maximum Gasteiger partial charge on any atom is 0.416 e. The molecule has 0 radical (unpaired) electrons. The highest BCUT2D eigenvalue weighted by Gasteiger charge is 2.37. The Balaban J connectivity index is 1.35. The molecule has 44 heavy (non-hydrogen) atoms. The van der Waals surface area contributed by atoms with Gasteiger partial charge in [0.1, 0.15) is 18.1 Å². The zero-order valence-corrected chi connectivity index (χ0v) is 22.5. The molecular formula is C32H22F6N2O4. The van der Waals surface area contributed by atoms with Crippen LogP contribution in [-0.4, -0.2) is 21.6 Å². The number of carbonyl (C=O) groups is 2. The number of benzene rings is 4. The Kier molecular flexibility index (Phi) is 8.09. The number of nitrogens with one attached hydrogen (secondary N) is 1. The molecule has 5 aromatic rings. The van der Waals surface area contributed by atoms with Gasteiger partial charge in [0.2, 0.25) is 0 Å². The van der Waals surface area contributed by atoms with Crippen molar-refractivity contribution < 1.29 is 45.8 Å². The number of rotatable bonds is 8. The third-order valence-corrected chi connectivity index (χ3v) is 6.74. The monoisotopic (exact) mass is 612 g/mol. The van der Waals surface area contributed by atoms with Gasteiger partial charge in [0.15, 0.2) is 0 Å². The summed E-state index contributed by atoms with van der Waals surface area (Å²) in [6.07, 6.45) is -9.97. The molecule has 5 rings (SSSR count). The van der Waals surface area contributed by atoms with Crippen LogP contribution in [0.1, 0.15) is 43.1 Å². The molecule has 0 aliphatic carbocycles. The quantitative estimate of drug-likeness (QED) is 0.173. The number of aromatic nitrogens is 1. The summed E-state index contributed by atoms with van der Waals surface area (Å²) in [4.78, 5) is 24.6. The van der Waals surface area contributed by atoms with Crippen LogP contribution in [0.15, 0.2) is 97.1 Å². The highest BCUT2D eigenvalue weighted by Crippen LogP contribution is 2.38. The van der Waals surface area contributed by atoms with Gasteiger partial charge in [-0.05, 0) is 59.7 Å². The number of amides is 1. The number of ether oxygens (including phenoxy) is 1. The number of fused-ring (bicyclic) bond motifs is 1. The molecule has 12 heteroatoms. The van der Waals surface area contributed by atoms with Crippen LogP contribution in [0.5, 0.6) is 5.75 Å². The second kappa shape index (κ2) is 11.8. The Morgan fingerprint density at radius 3 is 2.02 bits per heavy atom. The highest BCUT2D eigenvalue weighted by atomic mass is 19.4. The topological polar surface area (TPSA) is 80.6 Å². The summed E-state index contributed by atoms with van der Waals surface area (Å²) < 4.78 is 86.0. The van der Waals surface area contributed by atoms with E-state index >= 15 is 0 Å². The molecule has 0 fully saturated rings. The minimum atomic E-state index is -4.98. The zero-order valence-electron chi connectivity index (χ0n) is 22.5. The standard InChI is InChI=1S/C32H22F6N2O4/c33-31(34,35)23-14-24(32(36,37)38)16-26(15-23)44-18-20-10-8-19(9-11-20)17-40-27-7-2-1-4-21(27)13-28(40)29(41)39-25-6-3-5-22(12-25)30(42)43/h1-16H,17-18H2,(H,39,41)(H,42,43). The van der Waals surface area contributed by atoms with Gasteiger partial charge < -0.3 is 19.7 Å². The summed E-state index contributed by atoms with van der Waals surface area (Å²) >= 11 is 0. The predicted molar refractivity (Wildman–Crippen MR) is 150 cm³/mol. The van der Waals surface area contributed by atoms with Crippen molar-refractivity contribution in [1.82, 2.24) is 4.57 Å². The minimum absolute atomic E-state index is 0.0151. The number of para-hydroxylation sites is 1. The van der Waals surface area contributed by atoms with Gasteiger partial charge in [0.05, 0.1) is 16.7 Å². The Labute approximate surface area is 246 Å². The van der Waals surface area contributed by atoms with Gasteiger partial charge in [-0.1, -0.05) is 48.5 Å². The number of halogens is 6. The molecule has 226 valence electrons. The molecule has 0 aliphatic rings. The van der Waals surface area contributed by atoms with Gasteiger partial charge in [-0.25, -0.2) is 4.79 Å². The number of aromatic carboxylic acids is 1. The molecule has 0 atom stereocenters. The molecule has 1 aromatic heterocycles. The third-order valence-electron chi connectivity index (χ3n) is 6.74. The van der Waals surface area contributed by atoms with Crippen molar-refractivity contribution >= 4 is 28.5 Å². The molecule has 6 nitrogen and oxygen atoms in total. The summed E-state index contributed by atoms with van der Waals surface area (Å²) in [5.41, 5.74) is -0.305. The number of hydrogen-bond acceptors (Lipinski definition) is 3. The van der Waals surface area contributed by atoms with Gasteiger partial charge >= 0.3 is 18.3 Å². The molecule has 0 bridgehead atoms. The fraction of sp³-hybridized carbons (Fsp3) is 0.125. The second-order valence-corrected chi connectivity index (χ2v) is 9.86. The normalized spacial score (nSPS) is 11.9. The van der Waals surface area contributed by atoms with E-state index in [1.54, 1.807) is 41.0 Å². The van der Waals surface area contributed by atoms with Crippen LogP contribution < -0.4 is 10.1 Å². The highest BCUT2D eigenvalue weighted by molar-refractivity contribution is 6.07. The van der Waals surface area contributed by atoms with Crippen LogP contribution in [-0.2, 0) is 25.5 Å². The number of alkyl halides is 6. The minimum Gasteiger partial charge on any atom is -0.489 e. The fourth-order valence-electron chi connectivity index (χ4n) is 4.59. The van der Waals surface area contributed by atoms with E-state index in [2.05, 4.69) is 5.32 Å². The van der Waals surface area contributed by atoms with Crippen molar-refractivity contribution in [2.24, 2.45) is 0 Å². The summed E-state index contributed by atoms with van der Waals surface area (Å²) in [6.45, 7) is -0.0382. The first-order valence-corrected chi connectivity index (χ1v) is 13.0. The van der Waals surface area contributed by atoms with E-state index in [0.29, 0.717) is 29.1 Å². The lowest BCUT2D eigenvalue weighted by Crippen LogP contribution is -2.17. The number of carbonyl (C=O) groups excluding carboxylic acids is 1. The lowest BCUT2D eigenvalue weighted by molar-refractivity contribution is -0.143. The Morgan fingerprint density at radius 2 is 1.39 bits per heavy atom. The summed E-state index contributed by atoms with van der Waals surface area (Å²) in [6, 6.07) is 22.6. The summed E-state index contributed by atoms with van der Waals surface area (Å²) in [5.74, 6) is -2.17. The molecule has 1 heterocycles. The van der Waals surface area contributed by atoms with Crippen molar-refractivity contribution in [3.8, 4) is 5.75 Å². The molecule has 0 spiro atoms. The summed E-state index contributed by atoms with van der Waals surface area (Å²) in [5, 5.41) is 12.8. The summed E-state index contributed by atoms with van der Waals surface area (Å²) in [7, 11) is 0. The van der Waals surface area contributed by atoms with E-state index in [1.807, 2.05) is 24.3 Å². The first kappa shape index (κ1) is 30.2. The zero-order chi connectivity index (χ0) is 31.6. The van der Waals surface area contributed by atoms with Crippen LogP contribution in [0.25, 0.3) is 10.9 Å². The van der Waals surface area contributed by atoms with Gasteiger partial charge in [-0.2, -0.15) is 26.3 Å². The first-order valence-electron chi connectivity index (χ1n) is 13.0. The Hall–Kier alpha value is -5.26. The lowest BCUT2D eigenvalue weighted by atomic mass is 10.1. The number of nitrogens with zero attached hydrogens (tertiary/aromatic N) is 1. The molecule has 0 aliphatic heterocycles. The molecule has 0 saturated carbocycles. The molecule has 4 aromatic carbocycles. The molecule has 1 amide bonds. The Morgan fingerprint density at radius 1 is 0.750 bits per heavy atom. The van der Waals surface area contributed by atoms with E-state index < -0.39 is 41.1 Å². The molecule has 0 saturated heterocycles. The van der Waals surface area contributed by atoms with Gasteiger partial charge in [-0.15, -0.1) is 0 Å². The first-order chi connectivity index (χ1) is 20.8. The molecular weight excluding hydrogens is 590 g/mol. The van der Waals surface area contributed by atoms with Crippen LogP contribution in [0.3, 0.4) is 0 Å². The van der Waals surface area contributed by atoms with E-state index in [-0.39, 0.29) is 24.8 Å². The third kappa shape index (κ3) is 6.86. The maximum atomic E-state index is 13.3. The number of hydrogen-bond donors (Lipinski definition) is 2. The Bertz CT molecular complexity index is 1810. The van der Waals surface area contributed by atoms with Crippen molar-refractivity contribution in [1.29, 1.82) is 0 Å². The van der Waals surface area contributed by atoms with E-state index in [0.717, 1.165) is 16.5 Å². The average molecular weight is 613 g/mol. The van der Waals surface area contributed by atoms with Crippen molar-refractivity contribution in [2.45, 2.75) is 25.5 Å². The number of anilines is 1. The fourth-order valence-corrected chi connectivity index (χ4v) is 4.59. The van der Waals surface area contributed by atoms with E-state index in [4.69, 9.17) is 4.74 Å². The van der Waals surface area contributed by atoms with Crippen LogP contribution in [0.2, 0.25) is 0 Å². The maximum absolute atomic E-state index is 13.3. The van der Waals surface area contributed by atoms with Gasteiger partial charge in [0.25, 0.3) is 5.91 Å². The lowest BCUT2D eigenvalue weighted by Gasteiger charge is -2.15. The molecule has 0 unspecified atom stereocenters. The van der Waals surface area contributed by atoms with Crippen molar-refractivity contribution in [3.63, 3.8) is 0 Å². The predicted octanol–water partition coefficient (Wildman–Crippen LogP) is 8.26. The molecule has 2 N–H and O–H groups in total. The van der Waals surface area contributed by atoms with Crippen LogP contribution >= 0.6 is 0 Å². The van der Waals surface area contributed by atoms with Crippen molar-refractivity contribution in [3.05, 3.63) is 131 Å². The largest absolute Gasteiger partial charge is 0.489 e. The number of carboxylic acid groups (broad SMARTS) is 1. The van der Waals surface area contributed by atoms with Crippen LogP contribution in [0.4, 0.5) is 32.0 Å². The van der Waals surface area contributed by atoms with Gasteiger partial charge in [0, 0.05) is 23.1 Å². The number of carboxylic acids is 1. The smallest absolute Gasteiger partial charge is 0.416 e. The average Bonchev–Trinajstić information content (AvgIpc) is 3.34.